The van der Waals surface area contributed by atoms with Gasteiger partial charge in [0.1, 0.15) is 12.4 Å². The van der Waals surface area contributed by atoms with E-state index in [9.17, 15) is 9.59 Å². The van der Waals surface area contributed by atoms with Crippen LogP contribution < -0.4 is 4.74 Å². The lowest BCUT2D eigenvalue weighted by Gasteiger charge is -2.14. The van der Waals surface area contributed by atoms with Gasteiger partial charge in [-0.15, -0.1) is 0 Å². The maximum Gasteiger partial charge on any atom is 0.306 e. The Hall–Kier alpha value is -2.18. The first-order valence-corrected chi connectivity index (χ1v) is 10.9. The normalized spacial score (nSPS) is 21.0. The number of ether oxygens (including phenoxy) is 4. The Labute approximate surface area is 178 Å². The Morgan fingerprint density at radius 2 is 1.93 bits per heavy atom. The van der Waals surface area contributed by atoms with Crippen LogP contribution in [-0.2, 0) is 30.4 Å². The fraction of sp³-hybridized carbons (Fsp3) is 0.583. The summed E-state index contributed by atoms with van der Waals surface area (Å²) in [5.74, 6) is 0.805. The Morgan fingerprint density at radius 3 is 2.67 bits per heavy atom. The largest absolute Gasteiger partial charge is 0.497 e. The molecular formula is C24H32O6. The van der Waals surface area contributed by atoms with E-state index in [4.69, 9.17) is 18.9 Å². The van der Waals surface area contributed by atoms with Gasteiger partial charge in [0, 0.05) is 25.9 Å². The van der Waals surface area contributed by atoms with E-state index in [0.717, 1.165) is 68.4 Å². The third kappa shape index (κ3) is 7.26. The molecule has 6 heteroatoms. The van der Waals surface area contributed by atoms with Gasteiger partial charge in [-0.25, -0.2) is 0 Å². The molecule has 0 aromatic heterocycles. The highest BCUT2D eigenvalue weighted by molar-refractivity contribution is 5.98. The highest BCUT2D eigenvalue weighted by Crippen LogP contribution is 2.26. The average molecular weight is 417 g/mol. The van der Waals surface area contributed by atoms with Crippen molar-refractivity contribution in [2.45, 2.75) is 76.8 Å². The summed E-state index contributed by atoms with van der Waals surface area (Å²) in [4.78, 5) is 24.0. The maximum absolute atomic E-state index is 12.1. The SMILES string of the molecule is COc1ccc(COC(=O)CCCCCCC2=C[C@H](OC3CCCO3)CC2=O)cc1. The molecule has 1 saturated heterocycles. The lowest BCUT2D eigenvalue weighted by atomic mass is 10.0. The van der Waals surface area contributed by atoms with Crippen LogP contribution in [0.5, 0.6) is 5.75 Å². The van der Waals surface area contributed by atoms with Gasteiger partial charge < -0.3 is 18.9 Å². The summed E-state index contributed by atoms with van der Waals surface area (Å²) >= 11 is 0. The number of hydrogen-bond acceptors (Lipinski definition) is 6. The fourth-order valence-corrected chi connectivity index (χ4v) is 3.75. The summed E-state index contributed by atoms with van der Waals surface area (Å²) in [5.41, 5.74) is 1.83. The minimum atomic E-state index is -0.173. The number of Topliss-reactive ketones (excluding diaryl/α,β-unsaturated/α-hetero) is 1. The molecule has 3 rings (SSSR count). The molecule has 0 bridgehead atoms. The molecule has 1 aliphatic carbocycles. The Morgan fingerprint density at radius 1 is 1.13 bits per heavy atom. The quantitative estimate of drug-likeness (QED) is 0.369. The van der Waals surface area contributed by atoms with E-state index in [-0.39, 0.29) is 30.8 Å². The molecule has 0 spiro atoms. The van der Waals surface area contributed by atoms with Crippen LogP contribution in [0.2, 0.25) is 0 Å². The van der Waals surface area contributed by atoms with Gasteiger partial charge in [0.2, 0.25) is 0 Å². The average Bonchev–Trinajstić information content (AvgIpc) is 3.39. The van der Waals surface area contributed by atoms with Crippen LogP contribution in [0.1, 0.15) is 63.4 Å². The highest BCUT2D eigenvalue weighted by atomic mass is 16.7. The molecule has 0 saturated carbocycles. The first-order chi connectivity index (χ1) is 14.6. The van der Waals surface area contributed by atoms with Crippen molar-refractivity contribution in [2.75, 3.05) is 13.7 Å². The highest BCUT2D eigenvalue weighted by Gasteiger charge is 2.28. The van der Waals surface area contributed by atoms with E-state index < -0.39 is 0 Å². The predicted octanol–water partition coefficient (Wildman–Crippen LogP) is 4.50. The Kier molecular flexibility index (Phi) is 8.90. The minimum absolute atomic E-state index is 0.129. The van der Waals surface area contributed by atoms with Crippen molar-refractivity contribution in [3.8, 4) is 5.75 Å². The van der Waals surface area contributed by atoms with Gasteiger partial charge in [0.25, 0.3) is 0 Å². The van der Waals surface area contributed by atoms with Gasteiger partial charge in [-0.05, 0) is 55.0 Å². The zero-order valence-corrected chi connectivity index (χ0v) is 17.8. The molecule has 1 aliphatic heterocycles. The molecule has 1 aromatic carbocycles. The molecule has 0 radical (unpaired) electrons. The maximum atomic E-state index is 12.1. The fourth-order valence-electron chi connectivity index (χ4n) is 3.75. The van der Waals surface area contributed by atoms with Crippen molar-refractivity contribution in [1.82, 2.24) is 0 Å². The van der Waals surface area contributed by atoms with Crippen molar-refractivity contribution in [1.29, 1.82) is 0 Å². The number of esters is 1. The zero-order chi connectivity index (χ0) is 21.2. The molecule has 0 amide bonds. The van der Waals surface area contributed by atoms with Crippen LogP contribution in [0, 0.1) is 0 Å². The van der Waals surface area contributed by atoms with Crippen LogP contribution in [0.4, 0.5) is 0 Å². The summed E-state index contributed by atoms with van der Waals surface area (Å²) in [6.07, 6.45) is 8.98. The van der Waals surface area contributed by atoms with Crippen LogP contribution >= 0.6 is 0 Å². The second-order valence-corrected chi connectivity index (χ2v) is 7.86. The van der Waals surface area contributed by atoms with Gasteiger partial charge in [-0.3, -0.25) is 9.59 Å². The number of hydrogen-bond donors (Lipinski definition) is 0. The van der Waals surface area contributed by atoms with Gasteiger partial charge >= 0.3 is 5.97 Å². The first kappa shape index (κ1) is 22.5. The van der Waals surface area contributed by atoms with Gasteiger partial charge in [0.05, 0.1) is 13.2 Å². The van der Waals surface area contributed by atoms with Crippen LogP contribution in [-0.4, -0.2) is 37.9 Å². The number of allylic oxidation sites excluding steroid dienone is 1. The molecule has 1 fully saturated rings. The first-order valence-electron chi connectivity index (χ1n) is 10.9. The van der Waals surface area contributed by atoms with Gasteiger partial charge in [-0.1, -0.05) is 25.0 Å². The molecule has 0 N–H and O–H groups in total. The van der Waals surface area contributed by atoms with Gasteiger partial charge in [0.15, 0.2) is 12.1 Å². The van der Waals surface area contributed by atoms with Crippen LogP contribution in [0.15, 0.2) is 35.9 Å². The topological polar surface area (TPSA) is 71.1 Å². The van der Waals surface area contributed by atoms with E-state index in [0.29, 0.717) is 12.8 Å². The molecule has 1 unspecified atom stereocenters. The van der Waals surface area contributed by atoms with Crippen molar-refractivity contribution < 1.29 is 28.5 Å². The summed E-state index contributed by atoms with van der Waals surface area (Å²) in [6, 6.07) is 7.48. The molecular weight excluding hydrogens is 384 g/mol. The molecule has 2 atom stereocenters. The Bertz CT molecular complexity index is 718. The van der Waals surface area contributed by atoms with Crippen LogP contribution in [0.25, 0.3) is 0 Å². The number of carbonyl (C=O) groups is 2. The predicted molar refractivity (Wildman–Crippen MR) is 112 cm³/mol. The zero-order valence-electron chi connectivity index (χ0n) is 17.8. The Balaban J connectivity index is 1.23. The van der Waals surface area contributed by atoms with E-state index >= 15 is 0 Å². The molecule has 164 valence electrons. The smallest absolute Gasteiger partial charge is 0.306 e. The summed E-state index contributed by atoms with van der Waals surface area (Å²) in [6.45, 7) is 1.03. The van der Waals surface area contributed by atoms with Crippen LogP contribution in [0.3, 0.4) is 0 Å². The number of ketones is 1. The summed E-state index contributed by atoms with van der Waals surface area (Å²) in [5, 5.41) is 0. The number of carbonyl (C=O) groups excluding carboxylic acids is 2. The molecule has 1 heterocycles. The second-order valence-electron chi connectivity index (χ2n) is 7.86. The molecule has 2 aliphatic rings. The van der Waals surface area contributed by atoms with Crippen molar-refractivity contribution in [2.24, 2.45) is 0 Å². The van der Waals surface area contributed by atoms with Crippen molar-refractivity contribution >= 4 is 11.8 Å². The monoisotopic (exact) mass is 416 g/mol. The summed E-state index contributed by atoms with van der Waals surface area (Å²) in [7, 11) is 1.62. The molecule has 30 heavy (non-hydrogen) atoms. The lowest BCUT2D eigenvalue weighted by Crippen LogP contribution is -2.18. The van der Waals surface area contributed by atoms with E-state index in [1.165, 1.54) is 0 Å². The minimum Gasteiger partial charge on any atom is -0.497 e. The number of methoxy groups -OCH3 is 1. The van der Waals surface area contributed by atoms with E-state index in [1.54, 1.807) is 7.11 Å². The number of rotatable bonds is 12. The summed E-state index contributed by atoms with van der Waals surface area (Å²) < 4.78 is 21.7. The lowest BCUT2D eigenvalue weighted by molar-refractivity contribution is -0.145. The van der Waals surface area contributed by atoms with Crippen molar-refractivity contribution in [3.63, 3.8) is 0 Å². The number of unbranched alkanes of at least 4 members (excludes halogenated alkanes) is 3. The molecule has 1 aromatic rings. The third-order valence-electron chi connectivity index (χ3n) is 5.48. The van der Waals surface area contributed by atoms with Gasteiger partial charge in [-0.2, -0.15) is 0 Å². The molecule has 6 nitrogen and oxygen atoms in total. The van der Waals surface area contributed by atoms with E-state index in [1.807, 2.05) is 30.3 Å². The second kappa shape index (κ2) is 11.9. The van der Waals surface area contributed by atoms with E-state index in [2.05, 4.69) is 0 Å². The third-order valence-corrected chi connectivity index (χ3v) is 5.48. The van der Waals surface area contributed by atoms with Crippen molar-refractivity contribution in [3.05, 3.63) is 41.5 Å². The number of benzene rings is 1. The standard InChI is InChI=1S/C24H32O6/c1-27-20-12-10-18(11-13-20)17-29-23(26)8-5-3-2-4-7-19-15-21(16-22(19)25)30-24-9-6-14-28-24/h10-13,15,21,24H,2-9,14,16-17H2,1H3/t21-,24?/m0/s1.